The Morgan fingerprint density at radius 1 is 1.13 bits per heavy atom. The van der Waals surface area contributed by atoms with Gasteiger partial charge in [0.05, 0.1) is 17.7 Å². The number of aromatic amines is 1. The number of H-pyrrole nitrogens is 1. The number of thiazole rings is 1. The Bertz CT molecular complexity index is 1360. The van der Waals surface area contributed by atoms with Gasteiger partial charge in [-0.05, 0) is 42.6 Å². The highest BCUT2D eigenvalue weighted by atomic mass is 32.1. The number of hydrogen-bond acceptors (Lipinski definition) is 6. The minimum absolute atomic E-state index is 0.00521. The summed E-state index contributed by atoms with van der Waals surface area (Å²) in [6, 6.07) is 11.6. The van der Waals surface area contributed by atoms with Gasteiger partial charge in [0.15, 0.2) is 5.13 Å². The van der Waals surface area contributed by atoms with Gasteiger partial charge in [0.2, 0.25) is 5.91 Å². The van der Waals surface area contributed by atoms with Crippen LogP contribution in [0.5, 0.6) is 5.75 Å². The number of rotatable bonds is 5. The van der Waals surface area contributed by atoms with Crippen molar-refractivity contribution >= 4 is 44.7 Å². The summed E-state index contributed by atoms with van der Waals surface area (Å²) >= 11 is 1.18. The lowest BCUT2D eigenvalue weighted by Gasteiger charge is -2.06. The largest absolute Gasteiger partial charge is 0.507 e. The number of fused-ring (bicyclic) bond motifs is 1. The van der Waals surface area contributed by atoms with E-state index in [4.69, 9.17) is 0 Å². The van der Waals surface area contributed by atoms with Crippen LogP contribution >= 0.6 is 11.3 Å². The predicted octanol–water partition coefficient (Wildman–Crippen LogP) is 3.43. The number of aromatic hydroxyl groups is 1. The number of hydrogen-bond donors (Lipinski definition) is 4. The molecule has 2 aromatic carbocycles. The summed E-state index contributed by atoms with van der Waals surface area (Å²) in [6.07, 6.45) is 1.58. The summed E-state index contributed by atoms with van der Waals surface area (Å²) in [5.41, 5.74) is 1.77. The molecular weight excluding hydrogens is 416 g/mol. The van der Waals surface area contributed by atoms with Crippen molar-refractivity contribution in [3.8, 4) is 5.75 Å². The molecule has 0 aliphatic heterocycles. The first kappa shape index (κ1) is 20.3. The molecule has 0 bridgehead atoms. The Morgan fingerprint density at radius 3 is 2.81 bits per heavy atom. The summed E-state index contributed by atoms with van der Waals surface area (Å²) in [7, 11) is 0. The second kappa shape index (κ2) is 8.41. The monoisotopic (exact) mass is 434 g/mol. The number of amides is 2. The molecule has 0 unspecified atom stereocenters. The number of phenolic OH excluding ortho intramolecular Hbond substituents is 1. The number of carbonyl (C=O) groups is 2. The molecule has 0 spiro atoms. The molecule has 4 aromatic rings. The van der Waals surface area contributed by atoms with Crippen LogP contribution in [-0.2, 0) is 11.2 Å². The van der Waals surface area contributed by atoms with Gasteiger partial charge < -0.3 is 15.4 Å². The number of benzene rings is 2. The van der Waals surface area contributed by atoms with Crippen LogP contribution in [0.4, 0.5) is 10.8 Å². The Kier molecular flexibility index (Phi) is 5.50. The Labute approximate surface area is 180 Å². The minimum atomic E-state index is -0.479. The average Bonchev–Trinajstić information content (AvgIpc) is 3.16. The minimum Gasteiger partial charge on any atom is -0.507 e. The smallest absolute Gasteiger partial charge is 0.261 e. The third-order valence-corrected chi connectivity index (χ3v) is 5.38. The van der Waals surface area contributed by atoms with E-state index in [9.17, 15) is 19.5 Å². The molecule has 0 aliphatic carbocycles. The molecule has 8 nitrogen and oxygen atoms in total. The topological polar surface area (TPSA) is 124 Å². The standard InChI is InChI=1S/C22H18N4O4S/c1-12-2-5-18(27)17(8-12)21(30)26-22-25-15(11-31-22)10-19(28)24-14-4-3-13-6-7-23-20(29)16(13)9-14/h2-9,11,27H,10H2,1H3,(H,23,29)(H,24,28)(H,25,26,30). The Balaban J connectivity index is 1.41. The number of phenols is 1. The Morgan fingerprint density at radius 2 is 1.97 bits per heavy atom. The summed E-state index contributed by atoms with van der Waals surface area (Å²) in [4.78, 5) is 43.5. The van der Waals surface area contributed by atoms with Crippen LogP contribution in [0, 0.1) is 6.92 Å². The van der Waals surface area contributed by atoms with Gasteiger partial charge in [0.1, 0.15) is 5.75 Å². The van der Waals surface area contributed by atoms with Gasteiger partial charge in [0.25, 0.3) is 11.5 Å². The van der Waals surface area contributed by atoms with E-state index >= 15 is 0 Å². The fourth-order valence-corrected chi connectivity index (χ4v) is 3.78. The molecule has 0 radical (unpaired) electrons. The molecule has 2 heterocycles. The van der Waals surface area contributed by atoms with Gasteiger partial charge >= 0.3 is 0 Å². The van der Waals surface area contributed by atoms with Crippen molar-refractivity contribution in [2.45, 2.75) is 13.3 Å². The van der Waals surface area contributed by atoms with Crippen molar-refractivity contribution in [3.63, 3.8) is 0 Å². The molecule has 2 amide bonds. The summed E-state index contributed by atoms with van der Waals surface area (Å²) in [5.74, 6) is -0.896. The molecule has 31 heavy (non-hydrogen) atoms. The highest BCUT2D eigenvalue weighted by Crippen LogP contribution is 2.22. The molecular formula is C22H18N4O4S. The van der Waals surface area contributed by atoms with Gasteiger partial charge in [-0.15, -0.1) is 11.3 Å². The number of carbonyl (C=O) groups excluding carboxylic acids is 2. The normalized spacial score (nSPS) is 10.7. The maximum atomic E-state index is 12.4. The number of aromatic nitrogens is 2. The van der Waals surface area contributed by atoms with Gasteiger partial charge in [-0.1, -0.05) is 17.7 Å². The van der Waals surface area contributed by atoms with Crippen LogP contribution in [0.1, 0.15) is 21.6 Å². The number of nitrogens with zero attached hydrogens (tertiary/aromatic N) is 1. The molecule has 0 saturated heterocycles. The van der Waals surface area contributed by atoms with Crippen molar-refractivity contribution in [2.75, 3.05) is 10.6 Å². The zero-order chi connectivity index (χ0) is 22.0. The maximum Gasteiger partial charge on any atom is 0.261 e. The van der Waals surface area contributed by atoms with E-state index in [0.29, 0.717) is 21.9 Å². The third-order valence-electron chi connectivity index (χ3n) is 4.57. The van der Waals surface area contributed by atoms with Crippen molar-refractivity contribution in [1.29, 1.82) is 0 Å². The molecule has 0 atom stereocenters. The van der Waals surface area contributed by atoms with Gasteiger partial charge in [-0.3, -0.25) is 19.7 Å². The maximum absolute atomic E-state index is 12.4. The molecule has 9 heteroatoms. The van der Waals surface area contributed by atoms with Crippen molar-refractivity contribution in [1.82, 2.24) is 9.97 Å². The molecule has 4 N–H and O–H groups in total. The quantitative estimate of drug-likeness (QED) is 0.383. The molecule has 0 aliphatic rings. The first-order valence-corrected chi connectivity index (χ1v) is 10.2. The molecule has 156 valence electrons. The predicted molar refractivity (Wildman–Crippen MR) is 120 cm³/mol. The van der Waals surface area contributed by atoms with Crippen molar-refractivity contribution < 1.29 is 14.7 Å². The number of anilines is 2. The summed E-state index contributed by atoms with van der Waals surface area (Å²) in [6.45, 7) is 1.82. The van der Waals surface area contributed by atoms with Crippen molar-refractivity contribution in [2.24, 2.45) is 0 Å². The Hall–Kier alpha value is -3.98. The highest BCUT2D eigenvalue weighted by Gasteiger charge is 2.14. The van der Waals surface area contributed by atoms with E-state index in [2.05, 4.69) is 20.6 Å². The third kappa shape index (κ3) is 4.62. The number of pyridine rings is 1. The van der Waals surface area contributed by atoms with Crippen LogP contribution in [0.25, 0.3) is 10.8 Å². The lowest BCUT2D eigenvalue weighted by molar-refractivity contribution is -0.115. The van der Waals surface area contributed by atoms with Crippen LogP contribution in [-0.4, -0.2) is 26.9 Å². The fourth-order valence-electron chi connectivity index (χ4n) is 3.07. The molecule has 0 fully saturated rings. The first-order valence-electron chi connectivity index (χ1n) is 9.36. The lowest BCUT2D eigenvalue weighted by Crippen LogP contribution is -2.15. The second-order valence-electron chi connectivity index (χ2n) is 6.95. The van der Waals surface area contributed by atoms with E-state index in [-0.39, 0.29) is 29.2 Å². The van der Waals surface area contributed by atoms with Crippen LogP contribution < -0.4 is 16.2 Å². The average molecular weight is 434 g/mol. The van der Waals surface area contributed by atoms with Gasteiger partial charge in [0, 0.05) is 22.7 Å². The zero-order valence-corrected chi connectivity index (χ0v) is 17.2. The fraction of sp³-hybridized carbons (Fsp3) is 0.0909. The van der Waals surface area contributed by atoms with Crippen LogP contribution in [0.3, 0.4) is 0 Å². The SMILES string of the molecule is Cc1ccc(O)c(C(=O)Nc2nc(CC(=O)Nc3ccc4cc[nH]c(=O)c4c3)cs2)c1. The number of nitrogens with one attached hydrogen (secondary N) is 3. The van der Waals surface area contributed by atoms with E-state index < -0.39 is 5.91 Å². The van der Waals surface area contributed by atoms with Crippen molar-refractivity contribution in [3.05, 3.63) is 81.2 Å². The zero-order valence-electron chi connectivity index (χ0n) is 16.4. The van der Waals surface area contributed by atoms with E-state index in [1.807, 2.05) is 6.92 Å². The summed E-state index contributed by atoms with van der Waals surface area (Å²) < 4.78 is 0. The highest BCUT2D eigenvalue weighted by molar-refractivity contribution is 7.14. The molecule has 0 saturated carbocycles. The molecule has 2 aromatic heterocycles. The number of aryl methyl sites for hydroxylation is 1. The van der Waals surface area contributed by atoms with Gasteiger partial charge in [-0.2, -0.15) is 0 Å². The first-order chi connectivity index (χ1) is 14.9. The second-order valence-corrected chi connectivity index (χ2v) is 7.81. The van der Waals surface area contributed by atoms with Crippen LogP contribution in [0.15, 0.2) is 58.8 Å². The van der Waals surface area contributed by atoms with E-state index in [0.717, 1.165) is 10.9 Å². The van der Waals surface area contributed by atoms with Gasteiger partial charge in [-0.25, -0.2) is 4.98 Å². The molecule has 4 rings (SSSR count). The summed E-state index contributed by atoms with van der Waals surface area (Å²) in [5, 5.41) is 18.5. The van der Waals surface area contributed by atoms with E-state index in [1.54, 1.807) is 48.0 Å². The van der Waals surface area contributed by atoms with Crippen LogP contribution in [0.2, 0.25) is 0 Å². The van der Waals surface area contributed by atoms with E-state index in [1.165, 1.54) is 17.4 Å². The lowest BCUT2D eigenvalue weighted by atomic mass is 10.1.